The summed E-state index contributed by atoms with van der Waals surface area (Å²) < 4.78 is 36.5. The molecular weight excluding hydrogens is 980 g/mol. The maximum atomic E-state index is 12.0. The van der Waals surface area contributed by atoms with Crippen LogP contribution < -0.4 is 21.7 Å². The first kappa shape index (κ1) is 57.6. The molecule has 6 heterocycles. The van der Waals surface area contributed by atoms with E-state index >= 15 is 0 Å². The average Bonchev–Trinajstić information content (AvgIpc) is 4.00. The molecule has 0 radical (unpaired) electrons. The van der Waals surface area contributed by atoms with Gasteiger partial charge in [0.1, 0.15) is 11.2 Å². The third-order valence-electron chi connectivity index (χ3n) is 11.3. The third-order valence-corrected chi connectivity index (χ3v) is 11.5. The summed E-state index contributed by atoms with van der Waals surface area (Å²) in [6.45, 7) is 19.9. The van der Waals surface area contributed by atoms with Crippen LogP contribution in [0.15, 0.2) is 85.7 Å². The van der Waals surface area contributed by atoms with Gasteiger partial charge in [0.2, 0.25) is 11.2 Å². The van der Waals surface area contributed by atoms with E-state index < -0.39 is 23.4 Å². The van der Waals surface area contributed by atoms with Crippen LogP contribution >= 0.6 is 11.6 Å². The average molecular weight is 1050 g/mol. The van der Waals surface area contributed by atoms with Crippen LogP contribution in [0.2, 0.25) is 5.28 Å². The van der Waals surface area contributed by atoms with Gasteiger partial charge in [-0.15, -0.1) is 0 Å². The van der Waals surface area contributed by atoms with Gasteiger partial charge in [-0.1, -0.05) is 24.3 Å². The molecule has 2 aliphatic rings. The number of hydrogen-bond donors (Lipinski definition) is 4. The predicted octanol–water partition coefficient (Wildman–Crippen LogP) is 10.1. The highest BCUT2D eigenvalue weighted by atomic mass is 35.5. The molecule has 2 aliphatic heterocycles. The van der Waals surface area contributed by atoms with Crippen LogP contribution in [0.4, 0.5) is 26.9 Å². The van der Waals surface area contributed by atoms with Gasteiger partial charge < -0.3 is 50.1 Å². The number of rotatable bonds is 16. The fourth-order valence-electron chi connectivity index (χ4n) is 7.57. The van der Waals surface area contributed by atoms with Gasteiger partial charge in [0, 0.05) is 62.2 Å². The van der Waals surface area contributed by atoms with Crippen molar-refractivity contribution in [1.29, 1.82) is 0 Å². The van der Waals surface area contributed by atoms with E-state index in [-0.39, 0.29) is 17.9 Å². The van der Waals surface area contributed by atoms with Gasteiger partial charge in [0.25, 0.3) is 0 Å². The molecule has 0 saturated carbocycles. The molecule has 4 aromatic heterocycles. The van der Waals surface area contributed by atoms with E-state index in [9.17, 15) is 9.59 Å². The molecule has 5 N–H and O–H groups in total. The second kappa shape index (κ2) is 28.3. The first-order valence-corrected chi connectivity index (χ1v) is 25.7. The summed E-state index contributed by atoms with van der Waals surface area (Å²) in [6, 6.07) is 15.6. The Balaban J connectivity index is 0.000000204. The van der Waals surface area contributed by atoms with Crippen molar-refractivity contribution in [2.45, 2.75) is 144 Å². The predicted molar refractivity (Wildman–Crippen MR) is 287 cm³/mol. The van der Waals surface area contributed by atoms with Gasteiger partial charge in [-0.3, -0.25) is 9.36 Å². The first-order valence-electron chi connectivity index (χ1n) is 25.3. The number of nitrogen functional groups attached to an aromatic ring is 1. The lowest BCUT2D eigenvalue weighted by Crippen LogP contribution is -2.32. The molecule has 75 heavy (non-hydrogen) atoms. The highest BCUT2D eigenvalue weighted by Crippen LogP contribution is 2.24. The number of carbonyl (C=O) groups excluding carboxylic acids is 2. The van der Waals surface area contributed by atoms with Crippen molar-refractivity contribution in [3.8, 4) is 22.5 Å². The molecule has 2 unspecified atom stereocenters. The molecule has 2 atom stereocenters. The van der Waals surface area contributed by atoms with Crippen molar-refractivity contribution < 1.29 is 38.0 Å². The zero-order chi connectivity index (χ0) is 53.8. The molecular formula is C54H73ClN12O8. The van der Waals surface area contributed by atoms with Crippen LogP contribution in [0.25, 0.3) is 22.5 Å². The molecule has 20 nitrogen and oxygen atoms in total. The number of nitrogens with zero attached hydrogens (tertiary/aromatic N) is 8. The smallest absolute Gasteiger partial charge is 0.407 e. The van der Waals surface area contributed by atoms with Crippen molar-refractivity contribution in [3.63, 3.8) is 0 Å². The SMILES string of the molecule is Cc1cc(-c2ccnc(Cl)n2)ccc1CNC(=O)OC(C)(C)C.Cc1cc(-c2ccnc(Nc3cnn(CCOC4CCCCO4)c3)n2)ccc1CNC(=O)OC(C)(C)C.Nc1cnn(CCOC2CCCCO2)c1. The molecule has 8 rings (SSSR count). The molecule has 2 fully saturated rings. The molecule has 2 saturated heterocycles. The molecule has 0 aliphatic carbocycles. The van der Waals surface area contributed by atoms with Gasteiger partial charge in [-0.2, -0.15) is 10.2 Å². The Morgan fingerprint density at radius 2 is 1.20 bits per heavy atom. The highest BCUT2D eigenvalue weighted by Gasteiger charge is 2.19. The summed E-state index contributed by atoms with van der Waals surface area (Å²) in [5, 5.41) is 17.5. The molecule has 21 heteroatoms. The summed E-state index contributed by atoms with van der Waals surface area (Å²) in [4.78, 5) is 40.8. The molecule has 6 aromatic rings. The lowest BCUT2D eigenvalue weighted by Gasteiger charge is -2.22. The molecule has 0 spiro atoms. The number of aryl methyl sites for hydroxylation is 2. The van der Waals surface area contributed by atoms with Crippen LogP contribution in [-0.2, 0) is 54.6 Å². The van der Waals surface area contributed by atoms with E-state index in [1.165, 1.54) is 6.42 Å². The largest absolute Gasteiger partial charge is 0.444 e. The summed E-state index contributed by atoms with van der Waals surface area (Å²) in [5.41, 5.74) is 13.6. The molecule has 2 amide bonds. The van der Waals surface area contributed by atoms with Gasteiger partial charge in [-0.05, 0) is 152 Å². The number of carbonyl (C=O) groups is 2. The number of anilines is 3. The zero-order valence-corrected chi connectivity index (χ0v) is 45.2. The Labute approximate surface area is 444 Å². The van der Waals surface area contributed by atoms with Crippen LogP contribution in [0.1, 0.15) is 102 Å². The first-order chi connectivity index (χ1) is 35.8. The maximum Gasteiger partial charge on any atom is 0.407 e. The van der Waals surface area contributed by atoms with Gasteiger partial charge in [-0.25, -0.2) is 29.5 Å². The zero-order valence-electron chi connectivity index (χ0n) is 44.4. The van der Waals surface area contributed by atoms with Gasteiger partial charge in [0.05, 0.1) is 61.5 Å². The van der Waals surface area contributed by atoms with Crippen LogP contribution in [0, 0.1) is 13.8 Å². The van der Waals surface area contributed by atoms with E-state index in [0.29, 0.717) is 44.5 Å². The minimum Gasteiger partial charge on any atom is -0.444 e. The number of alkyl carbamates (subject to hydrolysis) is 2. The number of amides is 2. The van der Waals surface area contributed by atoms with E-state index in [4.69, 9.17) is 45.8 Å². The molecule has 0 bridgehead atoms. The number of aromatic nitrogens is 8. The van der Waals surface area contributed by atoms with Gasteiger partial charge in [0.15, 0.2) is 12.6 Å². The summed E-state index contributed by atoms with van der Waals surface area (Å²) in [5.74, 6) is 0.484. The minimum absolute atomic E-state index is 0.0216. The maximum absolute atomic E-state index is 12.0. The summed E-state index contributed by atoms with van der Waals surface area (Å²) >= 11 is 5.82. The third kappa shape index (κ3) is 20.9. The highest BCUT2D eigenvalue weighted by molar-refractivity contribution is 6.28. The fraction of sp³-hybridized carbons (Fsp3) is 0.481. The molecule has 2 aromatic carbocycles. The van der Waals surface area contributed by atoms with Crippen molar-refractivity contribution in [3.05, 3.63) is 113 Å². The lowest BCUT2D eigenvalue weighted by molar-refractivity contribution is -0.164. The van der Waals surface area contributed by atoms with Crippen molar-refractivity contribution >= 4 is 41.1 Å². The quantitative estimate of drug-likeness (QED) is 0.0659. The number of benzene rings is 2. The fourth-order valence-corrected chi connectivity index (χ4v) is 7.71. The van der Waals surface area contributed by atoms with Crippen molar-refractivity contribution in [1.82, 2.24) is 50.1 Å². The molecule has 404 valence electrons. The lowest BCUT2D eigenvalue weighted by atomic mass is 10.0. The van der Waals surface area contributed by atoms with E-state index in [2.05, 4.69) is 46.1 Å². The number of nitrogens with one attached hydrogen (secondary N) is 3. The van der Waals surface area contributed by atoms with E-state index in [1.54, 1.807) is 41.7 Å². The monoisotopic (exact) mass is 1050 g/mol. The van der Waals surface area contributed by atoms with Crippen LogP contribution in [0.3, 0.4) is 0 Å². The topological polar surface area (TPSA) is 239 Å². The Kier molecular flexibility index (Phi) is 21.7. The Hall–Kier alpha value is -6.71. The van der Waals surface area contributed by atoms with Crippen molar-refractivity contribution in [2.75, 3.05) is 37.5 Å². The normalized spacial score (nSPS) is 15.6. The summed E-state index contributed by atoms with van der Waals surface area (Å²) in [6.07, 6.45) is 16.0. The second-order valence-electron chi connectivity index (χ2n) is 20.0. The standard InChI is InChI=1S/C27H36N6O4.C17H20ClN3O2.C10H17N3O2/c1-19-15-20(8-9-21(19)16-29-26(34)37-27(2,3)4)23-10-11-28-25(32-23)31-22-17-30-33(18-22)12-14-36-24-7-5-6-13-35-24;1-11-9-12(14-7-8-19-15(18)21-14)5-6-13(11)10-20-16(22)23-17(2,3)4;11-9-7-12-13(8-9)4-6-15-10-3-1-2-5-14-10/h8-11,15,17-18,24H,5-7,12-14,16H2,1-4H3,(H,29,34)(H,28,31,32);5-9H,10H2,1-4H3,(H,20,22);7-8,10H,1-6,11H2. The summed E-state index contributed by atoms with van der Waals surface area (Å²) in [7, 11) is 0. The van der Waals surface area contributed by atoms with Gasteiger partial charge >= 0.3 is 12.2 Å². The van der Waals surface area contributed by atoms with Crippen molar-refractivity contribution in [2.24, 2.45) is 0 Å². The van der Waals surface area contributed by atoms with E-state index in [1.807, 2.05) is 109 Å². The van der Waals surface area contributed by atoms with Crippen LogP contribution in [-0.4, -0.2) is 102 Å². The minimum atomic E-state index is -0.529. The Bertz CT molecular complexity index is 2730. The van der Waals surface area contributed by atoms with E-state index in [0.717, 1.165) is 102 Å². The second-order valence-corrected chi connectivity index (χ2v) is 20.3. The number of hydrogen-bond acceptors (Lipinski definition) is 16. The van der Waals surface area contributed by atoms with Crippen LogP contribution in [0.5, 0.6) is 0 Å². The number of halogens is 1. The number of ether oxygens (including phenoxy) is 6. The number of nitrogens with two attached hydrogens (primary N) is 1. The Morgan fingerprint density at radius 1 is 0.693 bits per heavy atom. The Morgan fingerprint density at radius 3 is 1.67 bits per heavy atom.